The molecule has 0 aromatic rings. The van der Waals surface area contributed by atoms with Gasteiger partial charge in [-0.15, -0.1) is 11.8 Å². The first kappa shape index (κ1) is 48.8. The Kier molecular flexibility index (Phi) is 17.9. The van der Waals surface area contributed by atoms with Crippen molar-refractivity contribution in [2.24, 2.45) is 16.8 Å². The van der Waals surface area contributed by atoms with Crippen molar-refractivity contribution >= 4 is 64.1 Å². The van der Waals surface area contributed by atoms with E-state index in [1.807, 2.05) is 20.8 Å². The topological polar surface area (TPSA) is 256 Å². The van der Waals surface area contributed by atoms with Crippen molar-refractivity contribution < 1.29 is 53.3 Å². The largest absolute Gasteiger partial charge is 0.461 e. The number of nitrogens with one attached hydrogen (secondary N) is 4. The van der Waals surface area contributed by atoms with E-state index in [1.165, 1.54) is 48.5 Å². The van der Waals surface area contributed by atoms with Gasteiger partial charge in [0.2, 0.25) is 29.5 Å². The minimum absolute atomic E-state index is 0.0323. The number of nitrogens with zero attached hydrogens (tertiary/aromatic N) is 4. The third-order valence-corrected chi connectivity index (χ3v) is 11.7. The van der Waals surface area contributed by atoms with Crippen molar-refractivity contribution in [2.45, 2.75) is 136 Å². The minimum atomic E-state index is -1.92. The van der Waals surface area contributed by atoms with Crippen LogP contribution in [0.3, 0.4) is 0 Å². The summed E-state index contributed by atoms with van der Waals surface area (Å²) in [6, 6.07) is -7.61. The fourth-order valence-corrected chi connectivity index (χ4v) is 8.46. The van der Waals surface area contributed by atoms with E-state index >= 15 is 0 Å². The van der Waals surface area contributed by atoms with Gasteiger partial charge in [-0.05, 0) is 58.3 Å². The average Bonchev–Trinajstić information content (AvgIpc) is 3.87. The summed E-state index contributed by atoms with van der Waals surface area (Å²) in [5.74, 6) is -6.36. The van der Waals surface area contributed by atoms with E-state index in [9.17, 15) is 48.6 Å². The van der Waals surface area contributed by atoms with E-state index in [-0.39, 0.29) is 36.8 Å². The summed E-state index contributed by atoms with van der Waals surface area (Å²) < 4.78 is 5.27. The van der Waals surface area contributed by atoms with E-state index < -0.39 is 114 Å². The first-order valence-electron chi connectivity index (χ1n) is 20.1. The number of esters is 1. The molecule has 0 spiro atoms. The number of aliphatic imine (C=N–C) groups is 1. The minimum Gasteiger partial charge on any atom is -0.461 e. The van der Waals surface area contributed by atoms with Gasteiger partial charge in [-0.25, -0.2) is 4.79 Å². The van der Waals surface area contributed by atoms with Crippen LogP contribution in [0.4, 0.5) is 0 Å². The molecule has 0 aromatic carbocycles. The number of allylic oxidation sites excluding steroid dienone is 1. The Morgan fingerprint density at radius 2 is 1.58 bits per heavy atom. The van der Waals surface area contributed by atoms with Crippen LogP contribution in [0.5, 0.6) is 0 Å². The van der Waals surface area contributed by atoms with E-state index in [0.29, 0.717) is 17.9 Å². The summed E-state index contributed by atoms with van der Waals surface area (Å²) in [5.41, 5.74) is -0.0835. The summed E-state index contributed by atoms with van der Waals surface area (Å²) >= 11 is 1.29. The summed E-state index contributed by atoms with van der Waals surface area (Å²) in [6.07, 6.45) is -0.608. The quantitative estimate of drug-likeness (QED) is 0.145. The summed E-state index contributed by atoms with van der Waals surface area (Å²) in [6.45, 7) is 12.4. The molecule has 0 saturated carbocycles. The number of amides is 7. The summed E-state index contributed by atoms with van der Waals surface area (Å²) in [4.78, 5) is 117. The maximum atomic E-state index is 14.0. The van der Waals surface area contributed by atoms with Crippen molar-refractivity contribution in [1.82, 2.24) is 36.0 Å². The van der Waals surface area contributed by atoms with Crippen molar-refractivity contribution in [1.29, 1.82) is 0 Å². The maximum Gasteiger partial charge on any atom is 0.329 e. The smallest absolute Gasteiger partial charge is 0.329 e. The molecule has 0 aliphatic carbocycles. The van der Waals surface area contributed by atoms with Crippen LogP contribution >= 0.6 is 11.8 Å². The van der Waals surface area contributed by atoms with Crippen LogP contribution in [0.2, 0.25) is 0 Å². The fraction of sp³-hybridized carbons (Fsp3) is 0.718. The zero-order valence-corrected chi connectivity index (χ0v) is 36.5. The van der Waals surface area contributed by atoms with Gasteiger partial charge >= 0.3 is 5.97 Å². The molecule has 3 aliphatic heterocycles. The molecular weight excluding hydrogens is 789 g/mol. The highest BCUT2D eigenvalue weighted by atomic mass is 32.2. The molecule has 9 unspecified atom stereocenters. The third-order valence-electron chi connectivity index (χ3n) is 10.5. The van der Waals surface area contributed by atoms with Gasteiger partial charge in [0.25, 0.3) is 11.8 Å². The third kappa shape index (κ3) is 12.3. The summed E-state index contributed by atoms with van der Waals surface area (Å²) in [7, 11) is 2.85. The molecule has 19 nitrogen and oxygen atoms in total. The monoisotopic (exact) mass is 850 g/mol. The first-order chi connectivity index (χ1) is 27.6. The SMILES string of the molecule is C/C=C1\NC(=O)C2CSC(=N2)C(CC)N(C)C(=O)C(CC(C)C)NC(=O)C(C)NC(=O)C(O)COC(=O)C(C(C)C)N(C)C(=O)C(C(C)O)NC(=O)C2CCCN2C1=O. The van der Waals surface area contributed by atoms with E-state index in [2.05, 4.69) is 26.3 Å². The number of aliphatic hydroxyl groups is 2. The fourth-order valence-electron chi connectivity index (χ4n) is 7.18. The molecule has 7 amide bonds. The molecule has 59 heavy (non-hydrogen) atoms. The van der Waals surface area contributed by atoms with E-state index in [0.717, 1.165) is 4.90 Å². The number of thioether (sulfide) groups is 1. The van der Waals surface area contributed by atoms with Gasteiger partial charge in [-0.1, -0.05) is 40.7 Å². The van der Waals surface area contributed by atoms with Gasteiger partial charge in [-0.2, -0.15) is 0 Å². The Bertz CT molecular complexity index is 1670. The van der Waals surface area contributed by atoms with Crippen LogP contribution in [0, 0.1) is 11.8 Å². The number of fused-ring (bicyclic) bond motifs is 2. The average molecular weight is 851 g/mol. The predicted molar refractivity (Wildman–Crippen MR) is 218 cm³/mol. The normalized spacial score (nSPS) is 30.6. The first-order valence-corrected chi connectivity index (χ1v) is 21.1. The van der Waals surface area contributed by atoms with Gasteiger partial charge in [-0.3, -0.25) is 38.6 Å². The molecule has 1 saturated heterocycles. The second kappa shape index (κ2) is 21.6. The predicted octanol–water partition coefficient (Wildman–Crippen LogP) is -0.950. The zero-order valence-electron chi connectivity index (χ0n) is 35.6. The molecule has 0 aromatic heterocycles. The van der Waals surface area contributed by atoms with Gasteiger partial charge < -0.3 is 50.9 Å². The molecule has 2 bridgehead atoms. The number of rotatable bonds is 5. The van der Waals surface area contributed by atoms with Gasteiger partial charge in [0, 0.05) is 26.4 Å². The molecule has 330 valence electrons. The molecule has 3 heterocycles. The van der Waals surface area contributed by atoms with Gasteiger partial charge in [0.1, 0.15) is 48.6 Å². The van der Waals surface area contributed by atoms with Gasteiger partial charge in [0.05, 0.1) is 17.2 Å². The lowest BCUT2D eigenvalue weighted by atomic mass is 10.0. The van der Waals surface area contributed by atoms with Crippen molar-refractivity contribution in [3.63, 3.8) is 0 Å². The maximum absolute atomic E-state index is 14.0. The molecule has 6 N–H and O–H groups in total. The van der Waals surface area contributed by atoms with Crippen LogP contribution in [-0.2, 0) is 43.1 Å². The lowest BCUT2D eigenvalue weighted by Gasteiger charge is -2.34. The number of hydrogen-bond donors (Lipinski definition) is 6. The number of hydrogen-bond acceptors (Lipinski definition) is 13. The lowest BCUT2D eigenvalue weighted by molar-refractivity contribution is -0.161. The number of cyclic esters (lactones) is 1. The molecular formula is C39H62N8O11S. The number of ether oxygens (including phenoxy) is 1. The van der Waals surface area contributed by atoms with Crippen LogP contribution in [0.25, 0.3) is 0 Å². The second-order valence-electron chi connectivity index (χ2n) is 15.9. The van der Waals surface area contributed by atoms with Crippen LogP contribution in [0.15, 0.2) is 16.8 Å². The molecule has 3 rings (SSSR count). The highest BCUT2D eigenvalue weighted by Crippen LogP contribution is 2.26. The number of carbonyl (C=O) groups excluding carboxylic acids is 8. The van der Waals surface area contributed by atoms with Gasteiger partial charge in [0.15, 0.2) is 6.10 Å². The van der Waals surface area contributed by atoms with Crippen molar-refractivity contribution in [2.75, 3.05) is 33.0 Å². The zero-order chi connectivity index (χ0) is 44.5. The Hall–Kier alpha value is -4.56. The Labute approximate surface area is 349 Å². The highest BCUT2D eigenvalue weighted by molar-refractivity contribution is 8.14. The molecule has 0 radical (unpaired) electrons. The molecule has 9 atom stereocenters. The van der Waals surface area contributed by atoms with Crippen molar-refractivity contribution in [3.05, 3.63) is 11.8 Å². The van der Waals surface area contributed by atoms with E-state index in [4.69, 9.17) is 4.74 Å². The Balaban J connectivity index is 2.01. The molecule has 3 aliphatic rings. The number of likely N-dealkylation sites (N-methyl/N-ethyl adjacent to an activating group) is 2. The van der Waals surface area contributed by atoms with Crippen LogP contribution < -0.4 is 21.3 Å². The lowest BCUT2D eigenvalue weighted by Crippen LogP contribution is -2.60. The van der Waals surface area contributed by atoms with Crippen molar-refractivity contribution in [3.8, 4) is 0 Å². The Morgan fingerprint density at radius 1 is 0.915 bits per heavy atom. The Morgan fingerprint density at radius 3 is 2.15 bits per heavy atom. The summed E-state index contributed by atoms with van der Waals surface area (Å²) in [5, 5.41) is 32.1. The second-order valence-corrected chi connectivity index (χ2v) is 17.0. The van der Waals surface area contributed by atoms with Crippen LogP contribution in [0.1, 0.15) is 81.1 Å². The number of carbonyl (C=O) groups is 8. The highest BCUT2D eigenvalue weighted by Gasteiger charge is 2.42. The number of aliphatic hydroxyl groups excluding tert-OH is 2. The van der Waals surface area contributed by atoms with Crippen LogP contribution in [-0.4, -0.2) is 165 Å². The standard InChI is InChI=1S/C39H62N8O11S/c1-11-23-37(55)47-15-13-14-27(47)33(52)44-29(22(8)48)38(56)46(10)30(20(5)6)39(57)58-17-28(49)34(53)40-21(7)31(50)42-24(16-19(3)4)36(54)45(9)26(12-2)35-43-25(18-59-35)32(51)41-23/h11,19-22,24-30,48-49H,12-18H2,1-10H3,(H,40,53)(H,41,51)(H,42,50)(H,44,52)/b23-11-. The molecule has 20 heteroatoms. The molecule has 1 fully saturated rings. The van der Waals surface area contributed by atoms with E-state index in [1.54, 1.807) is 27.8 Å².